The zero-order valence-electron chi connectivity index (χ0n) is 15.1. The molecule has 1 aliphatic heterocycles. The number of ether oxygens (including phenoxy) is 1. The summed E-state index contributed by atoms with van der Waals surface area (Å²) in [4.78, 5) is 4.90. The number of anilines is 2. The van der Waals surface area contributed by atoms with E-state index in [1.54, 1.807) is 18.2 Å². The van der Waals surface area contributed by atoms with Gasteiger partial charge < -0.3 is 10.1 Å². The third-order valence-corrected chi connectivity index (χ3v) is 6.57. The molecule has 0 bridgehead atoms. The number of fused-ring (bicyclic) bond motifs is 1. The fourth-order valence-corrected chi connectivity index (χ4v) is 4.56. The number of morpholine rings is 1. The Hall–Kier alpha value is -2.48. The highest BCUT2D eigenvalue weighted by Gasteiger charge is 2.26. The van der Waals surface area contributed by atoms with Crippen LogP contribution < -0.4 is 5.32 Å². The van der Waals surface area contributed by atoms with Crippen LogP contribution in [-0.2, 0) is 14.8 Å². The average Bonchev–Trinajstić information content (AvgIpc) is 2.70. The van der Waals surface area contributed by atoms with Crippen LogP contribution in [0.2, 0.25) is 0 Å². The van der Waals surface area contributed by atoms with E-state index in [9.17, 15) is 8.42 Å². The van der Waals surface area contributed by atoms with Crippen LogP contribution in [0, 0.1) is 6.92 Å². The topological polar surface area (TPSA) is 71.5 Å². The van der Waals surface area contributed by atoms with E-state index >= 15 is 0 Å². The van der Waals surface area contributed by atoms with E-state index in [1.165, 1.54) is 4.31 Å². The molecule has 6 nitrogen and oxygen atoms in total. The molecule has 1 fully saturated rings. The van der Waals surface area contributed by atoms with Crippen LogP contribution in [0.3, 0.4) is 0 Å². The minimum atomic E-state index is -3.51. The van der Waals surface area contributed by atoms with E-state index in [-0.39, 0.29) is 0 Å². The molecule has 0 radical (unpaired) electrons. The van der Waals surface area contributed by atoms with Gasteiger partial charge in [-0.05, 0) is 48.9 Å². The predicted octanol–water partition coefficient (Wildman–Crippen LogP) is 3.31. The van der Waals surface area contributed by atoms with Gasteiger partial charge in [0.1, 0.15) is 5.82 Å². The molecule has 0 amide bonds. The maximum atomic E-state index is 12.8. The Morgan fingerprint density at radius 1 is 1.04 bits per heavy atom. The van der Waals surface area contributed by atoms with E-state index in [0.717, 1.165) is 28.0 Å². The summed E-state index contributed by atoms with van der Waals surface area (Å²) in [5.41, 5.74) is 2.87. The molecular formula is C20H21N3O3S. The number of nitrogens with zero attached hydrogens (tertiary/aromatic N) is 2. The lowest BCUT2D eigenvalue weighted by atomic mass is 10.2. The number of aryl methyl sites for hydroxylation is 1. The van der Waals surface area contributed by atoms with Crippen LogP contribution in [-0.4, -0.2) is 44.0 Å². The average molecular weight is 383 g/mol. The first kappa shape index (κ1) is 17.9. The highest BCUT2D eigenvalue weighted by molar-refractivity contribution is 7.89. The molecule has 1 aliphatic rings. The highest BCUT2D eigenvalue weighted by Crippen LogP contribution is 2.25. The van der Waals surface area contributed by atoms with Crippen molar-refractivity contribution in [1.29, 1.82) is 0 Å². The van der Waals surface area contributed by atoms with Crippen LogP contribution in [0.15, 0.2) is 59.5 Å². The monoisotopic (exact) mass is 383 g/mol. The summed E-state index contributed by atoms with van der Waals surface area (Å²) < 4.78 is 32.3. The number of aromatic nitrogens is 1. The summed E-state index contributed by atoms with van der Waals surface area (Å²) in [6, 6.07) is 16.8. The van der Waals surface area contributed by atoms with E-state index in [2.05, 4.69) is 10.3 Å². The number of rotatable bonds is 4. The number of hydrogen-bond acceptors (Lipinski definition) is 5. The molecule has 4 rings (SSSR count). The summed E-state index contributed by atoms with van der Waals surface area (Å²) >= 11 is 0. The van der Waals surface area contributed by atoms with Crippen molar-refractivity contribution in [2.75, 3.05) is 31.6 Å². The lowest BCUT2D eigenvalue weighted by Crippen LogP contribution is -2.40. The van der Waals surface area contributed by atoms with E-state index < -0.39 is 10.0 Å². The van der Waals surface area contributed by atoms with Gasteiger partial charge in [0.25, 0.3) is 0 Å². The second kappa shape index (κ2) is 7.26. The van der Waals surface area contributed by atoms with Crippen LogP contribution in [0.4, 0.5) is 11.5 Å². The molecule has 3 aromatic rings. The van der Waals surface area contributed by atoms with Gasteiger partial charge in [-0.3, -0.25) is 0 Å². The van der Waals surface area contributed by atoms with Crippen molar-refractivity contribution in [3.05, 3.63) is 60.2 Å². The molecule has 0 saturated carbocycles. The molecule has 0 aliphatic carbocycles. The van der Waals surface area contributed by atoms with Gasteiger partial charge in [-0.15, -0.1) is 0 Å². The zero-order valence-corrected chi connectivity index (χ0v) is 15.9. The van der Waals surface area contributed by atoms with Crippen molar-refractivity contribution >= 4 is 32.4 Å². The second-order valence-corrected chi connectivity index (χ2v) is 8.45. The number of nitrogens with one attached hydrogen (secondary N) is 1. The Balaban J connectivity index is 1.63. The Kier molecular flexibility index (Phi) is 4.82. The van der Waals surface area contributed by atoms with Crippen LogP contribution >= 0.6 is 0 Å². The predicted molar refractivity (Wildman–Crippen MR) is 106 cm³/mol. The summed E-state index contributed by atoms with van der Waals surface area (Å²) in [7, 11) is -3.51. The SMILES string of the molecule is Cc1ccccc1Nc1ccc2cc(S(=O)(=O)N3CCOCC3)ccc2n1. The van der Waals surface area contributed by atoms with E-state index in [0.29, 0.717) is 31.2 Å². The molecule has 1 saturated heterocycles. The molecule has 140 valence electrons. The van der Waals surface area contributed by atoms with Crippen molar-refractivity contribution < 1.29 is 13.2 Å². The van der Waals surface area contributed by atoms with Gasteiger partial charge in [-0.2, -0.15) is 4.31 Å². The largest absolute Gasteiger partial charge is 0.379 e. The summed E-state index contributed by atoms with van der Waals surface area (Å²) in [6.07, 6.45) is 0. The number of benzene rings is 2. The number of sulfonamides is 1. The molecular weight excluding hydrogens is 362 g/mol. The molecule has 27 heavy (non-hydrogen) atoms. The number of hydrogen-bond donors (Lipinski definition) is 1. The van der Waals surface area contributed by atoms with Crippen molar-refractivity contribution in [2.45, 2.75) is 11.8 Å². The van der Waals surface area contributed by atoms with Gasteiger partial charge in [0.2, 0.25) is 10.0 Å². The quantitative estimate of drug-likeness (QED) is 0.748. The van der Waals surface area contributed by atoms with Gasteiger partial charge in [-0.25, -0.2) is 13.4 Å². The number of para-hydroxylation sites is 1. The molecule has 2 heterocycles. The lowest BCUT2D eigenvalue weighted by Gasteiger charge is -2.26. The molecule has 1 N–H and O–H groups in total. The molecule has 2 aromatic carbocycles. The Labute approximate surface area is 158 Å². The zero-order chi connectivity index (χ0) is 18.9. The molecule has 7 heteroatoms. The third kappa shape index (κ3) is 3.66. The van der Waals surface area contributed by atoms with Gasteiger partial charge in [0, 0.05) is 24.2 Å². The maximum absolute atomic E-state index is 12.8. The number of pyridine rings is 1. The van der Waals surface area contributed by atoms with Crippen molar-refractivity contribution in [3.63, 3.8) is 0 Å². The lowest BCUT2D eigenvalue weighted by molar-refractivity contribution is 0.0730. The van der Waals surface area contributed by atoms with Crippen LogP contribution in [0.5, 0.6) is 0 Å². The van der Waals surface area contributed by atoms with E-state index in [4.69, 9.17) is 4.74 Å². The normalized spacial score (nSPS) is 15.7. The summed E-state index contributed by atoms with van der Waals surface area (Å²) in [6.45, 7) is 3.67. The first-order valence-corrected chi connectivity index (χ1v) is 10.3. The van der Waals surface area contributed by atoms with Crippen molar-refractivity contribution in [2.24, 2.45) is 0 Å². The Morgan fingerprint density at radius 3 is 2.59 bits per heavy atom. The van der Waals surface area contributed by atoms with Crippen molar-refractivity contribution in [3.8, 4) is 0 Å². The summed E-state index contributed by atoms with van der Waals surface area (Å²) in [5, 5.41) is 4.10. The first-order valence-electron chi connectivity index (χ1n) is 8.85. The molecule has 0 unspecified atom stereocenters. The first-order chi connectivity index (χ1) is 13.0. The van der Waals surface area contributed by atoms with Gasteiger partial charge >= 0.3 is 0 Å². The fraction of sp³-hybridized carbons (Fsp3) is 0.250. The molecule has 0 atom stereocenters. The fourth-order valence-electron chi connectivity index (χ4n) is 3.12. The van der Waals surface area contributed by atoms with Gasteiger partial charge in [-0.1, -0.05) is 18.2 Å². The molecule has 0 spiro atoms. The molecule has 1 aromatic heterocycles. The van der Waals surface area contributed by atoms with Gasteiger partial charge in [0.05, 0.1) is 23.6 Å². The highest BCUT2D eigenvalue weighted by atomic mass is 32.2. The minimum absolute atomic E-state index is 0.290. The van der Waals surface area contributed by atoms with Crippen molar-refractivity contribution in [1.82, 2.24) is 9.29 Å². The Bertz CT molecular complexity index is 1080. The Morgan fingerprint density at radius 2 is 1.81 bits per heavy atom. The van der Waals surface area contributed by atoms with Crippen LogP contribution in [0.1, 0.15) is 5.56 Å². The standard InChI is InChI=1S/C20H21N3O3S/c1-15-4-2-3-5-18(15)21-20-9-6-16-14-17(7-8-19(16)22-20)27(24,25)23-10-12-26-13-11-23/h2-9,14H,10-13H2,1H3,(H,21,22). The smallest absolute Gasteiger partial charge is 0.243 e. The minimum Gasteiger partial charge on any atom is -0.379 e. The van der Waals surface area contributed by atoms with Gasteiger partial charge in [0.15, 0.2) is 0 Å². The van der Waals surface area contributed by atoms with E-state index in [1.807, 2.05) is 43.3 Å². The third-order valence-electron chi connectivity index (χ3n) is 4.68. The second-order valence-electron chi connectivity index (χ2n) is 6.51. The maximum Gasteiger partial charge on any atom is 0.243 e. The summed E-state index contributed by atoms with van der Waals surface area (Å²) in [5.74, 6) is 0.723. The van der Waals surface area contributed by atoms with Crippen LogP contribution in [0.25, 0.3) is 10.9 Å².